The van der Waals surface area contributed by atoms with Crippen molar-refractivity contribution in [1.29, 1.82) is 0 Å². The predicted octanol–water partition coefficient (Wildman–Crippen LogP) is 2.23. The normalized spacial score (nSPS) is 18.5. The van der Waals surface area contributed by atoms with E-state index in [1.807, 2.05) is 13.8 Å². The summed E-state index contributed by atoms with van der Waals surface area (Å²) in [4.78, 5) is 27.7. The van der Waals surface area contributed by atoms with Crippen molar-refractivity contribution in [3.05, 3.63) is 40.6 Å². The van der Waals surface area contributed by atoms with E-state index >= 15 is 0 Å². The van der Waals surface area contributed by atoms with Gasteiger partial charge in [0.05, 0.1) is 24.6 Å². The molecule has 0 fully saturated rings. The second kappa shape index (κ2) is 6.99. The molecule has 1 aromatic carbocycles. The minimum atomic E-state index is -1.000. The molecule has 0 aromatic heterocycles. The molecule has 1 aromatic rings. The lowest BCUT2D eigenvalue weighted by atomic mass is 10.0. The van der Waals surface area contributed by atoms with Crippen molar-refractivity contribution >= 4 is 29.8 Å². The fourth-order valence-corrected chi connectivity index (χ4v) is 2.99. The predicted molar refractivity (Wildman–Crippen MR) is 97.2 cm³/mol. The Kier molecular flexibility index (Phi) is 4.75. The molecular formula is C18H20N4O4. The van der Waals surface area contributed by atoms with Crippen molar-refractivity contribution in [2.24, 2.45) is 16.0 Å². The Morgan fingerprint density at radius 1 is 1.38 bits per heavy atom. The van der Waals surface area contributed by atoms with Gasteiger partial charge in [-0.2, -0.15) is 5.10 Å². The molecule has 0 amide bonds. The molecular weight excluding hydrogens is 336 g/mol. The SMILES string of the molecule is CCOC(=O)C1CN2N=CN=C(Nc3cc(C(=O)O)ccc3C)C2=C1C. The van der Waals surface area contributed by atoms with Gasteiger partial charge in [-0.15, -0.1) is 0 Å². The number of nitrogens with zero attached hydrogens (tertiary/aromatic N) is 3. The number of hydrogen-bond acceptors (Lipinski definition) is 7. The Labute approximate surface area is 150 Å². The number of aliphatic imine (C=N–C) groups is 1. The highest BCUT2D eigenvalue weighted by molar-refractivity contribution is 6.13. The second-order valence-corrected chi connectivity index (χ2v) is 6.09. The lowest BCUT2D eigenvalue weighted by Crippen LogP contribution is -2.29. The molecule has 1 unspecified atom stereocenters. The van der Waals surface area contributed by atoms with Gasteiger partial charge >= 0.3 is 11.9 Å². The van der Waals surface area contributed by atoms with Crippen molar-refractivity contribution in [2.75, 3.05) is 18.5 Å². The fourth-order valence-electron chi connectivity index (χ4n) is 2.99. The standard InChI is InChI=1S/C18H20N4O4/c1-4-26-18(25)13-8-22-15(11(13)3)16(19-9-20-22)21-14-7-12(17(23)24)6-5-10(14)2/h5-7,9,13H,4,8H2,1-3H3,(H,23,24)(H,19,20,21). The number of carboxylic acid groups (broad SMARTS) is 1. The average molecular weight is 356 g/mol. The zero-order valence-electron chi connectivity index (χ0n) is 14.8. The Balaban J connectivity index is 1.92. The first-order valence-corrected chi connectivity index (χ1v) is 8.29. The molecule has 136 valence electrons. The van der Waals surface area contributed by atoms with Gasteiger partial charge in [0, 0.05) is 5.69 Å². The summed E-state index contributed by atoms with van der Waals surface area (Å²) >= 11 is 0. The van der Waals surface area contributed by atoms with Gasteiger partial charge in [0.1, 0.15) is 12.0 Å². The Bertz CT molecular complexity index is 857. The van der Waals surface area contributed by atoms with Gasteiger partial charge in [0.2, 0.25) is 0 Å². The van der Waals surface area contributed by atoms with Crippen LogP contribution < -0.4 is 5.32 Å². The van der Waals surface area contributed by atoms with Crippen LogP contribution in [0.25, 0.3) is 0 Å². The maximum atomic E-state index is 12.2. The maximum absolute atomic E-state index is 12.2. The van der Waals surface area contributed by atoms with E-state index < -0.39 is 11.9 Å². The second-order valence-electron chi connectivity index (χ2n) is 6.09. The van der Waals surface area contributed by atoms with Gasteiger partial charge in [-0.3, -0.25) is 9.80 Å². The van der Waals surface area contributed by atoms with Gasteiger partial charge in [0.15, 0.2) is 5.84 Å². The van der Waals surface area contributed by atoms with Crippen molar-refractivity contribution in [2.45, 2.75) is 20.8 Å². The molecule has 0 spiro atoms. The molecule has 0 bridgehead atoms. The molecule has 2 N–H and O–H groups in total. The molecule has 2 heterocycles. The number of benzene rings is 1. The summed E-state index contributed by atoms with van der Waals surface area (Å²) in [5, 5.41) is 18.3. The average Bonchev–Trinajstić information content (AvgIpc) is 2.95. The third-order valence-electron chi connectivity index (χ3n) is 4.42. The van der Waals surface area contributed by atoms with Gasteiger partial charge in [0.25, 0.3) is 0 Å². The van der Waals surface area contributed by atoms with Crippen molar-refractivity contribution in [3.8, 4) is 0 Å². The summed E-state index contributed by atoms with van der Waals surface area (Å²) in [5.74, 6) is -1.17. The van der Waals surface area contributed by atoms with Crippen molar-refractivity contribution in [3.63, 3.8) is 0 Å². The summed E-state index contributed by atoms with van der Waals surface area (Å²) in [5.41, 5.74) is 3.23. The first kappa shape index (κ1) is 17.7. The largest absolute Gasteiger partial charge is 0.478 e. The van der Waals surface area contributed by atoms with Gasteiger partial charge in [-0.05, 0) is 44.0 Å². The lowest BCUT2D eigenvalue weighted by Gasteiger charge is -2.22. The molecule has 2 aliphatic heterocycles. The molecule has 26 heavy (non-hydrogen) atoms. The van der Waals surface area contributed by atoms with E-state index in [0.29, 0.717) is 30.4 Å². The minimum Gasteiger partial charge on any atom is -0.478 e. The third-order valence-corrected chi connectivity index (χ3v) is 4.42. The number of aryl methyl sites for hydroxylation is 1. The third kappa shape index (κ3) is 3.17. The number of carboxylic acids is 1. The van der Waals surface area contributed by atoms with Gasteiger partial charge in [-0.25, -0.2) is 9.79 Å². The van der Waals surface area contributed by atoms with E-state index in [-0.39, 0.29) is 11.5 Å². The minimum absolute atomic E-state index is 0.182. The van der Waals surface area contributed by atoms with Crippen LogP contribution in [0, 0.1) is 12.8 Å². The highest BCUT2D eigenvalue weighted by atomic mass is 16.5. The smallest absolute Gasteiger partial charge is 0.335 e. The van der Waals surface area contributed by atoms with Crippen LogP contribution in [0.3, 0.4) is 0 Å². The number of aromatic carboxylic acids is 1. The summed E-state index contributed by atoms with van der Waals surface area (Å²) in [7, 11) is 0. The summed E-state index contributed by atoms with van der Waals surface area (Å²) in [6.07, 6.45) is 1.41. The first-order valence-electron chi connectivity index (χ1n) is 8.29. The van der Waals surface area contributed by atoms with Crippen LogP contribution in [0.1, 0.15) is 29.8 Å². The number of hydrazone groups is 1. The van der Waals surface area contributed by atoms with E-state index in [1.54, 1.807) is 30.1 Å². The fraction of sp³-hybridized carbons (Fsp3) is 0.333. The number of amidine groups is 1. The van der Waals surface area contributed by atoms with Crippen LogP contribution in [0.15, 0.2) is 39.6 Å². The zero-order valence-corrected chi connectivity index (χ0v) is 14.8. The summed E-state index contributed by atoms with van der Waals surface area (Å²) in [6, 6.07) is 4.85. The van der Waals surface area contributed by atoms with Crippen molar-refractivity contribution < 1.29 is 19.4 Å². The Hall–Kier alpha value is -3.16. The van der Waals surface area contributed by atoms with Gasteiger partial charge < -0.3 is 15.2 Å². The Morgan fingerprint density at radius 2 is 2.15 bits per heavy atom. The molecule has 8 nitrogen and oxygen atoms in total. The van der Waals surface area contributed by atoms with Crippen LogP contribution in [0.4, 0.5) is 5.69 Å². The molecule has 0 saturated heterocycles. The number of rotatable bonds is 4. The van der Waals surface area contributed by atoms with E-state index in [2.05, 4.69) is 15.4 Å². The van der Waals surface area contributed by atoms with Crippen LogP contribution in [-0.4, -0.2) is 47.4 Å². The van der Waals surface area contributed by atoms with Crippen LogP contribution in [0.2, 0.25) is 0 Å². The number of nitrogens with one attached hydrogen (secondary N) is 1. The number of carbonyl (C=O) groups is 2. The van der Waals surface area contributed by atoms with Gasteiger partial charge in [-0.1, -0.05) is 6.07 Å². The van der Waals surface area contributed by atoms with E-state index in [0.717, 1.165) is 11.1 Å². The maximum Gasteiger partial charge on any atom is 0.335 e. The molecule has 8 heteroatoms. The topological polar surface area (TPSA) is 104 Å². The summed E-state index contributed by atoms with van der Waals surface area (Å²) < 4.78 is 5.14. The lowest BCUT2D eigenvalue weighted by molar-refractivity contribution is -0.146. The number of esters is 1. The molecule has 3 rings (SSSR count). The number of hydrogen-bond donors (Lipinski definition) is 2. The van der Waals surface area contributed by atoms with E-state index in [9.17, 15) is 14.7 Å². The van der Waals surface area contributed by atoms with Crippen LogP contribution >= 0.6 is 0 Å². The quantitative estimate of drug-likeness (QED) is 0.802. The number of fused-ring (bicyclic) bond motifs is 1. The van der Waals surface area contributed by atoms with Crippen LogP contribution in [0.5, 0.6) is 0 Å². The highest BCUT2D eigenvalue weighted by Gasteiger charge is 2.38. The highest BCUT2D eigenvalue weighted by Crippen LogP contribution is 2.32. The van der Waals surface area contributed by atoms with Crippen LogP contribution in [-0.2, 0) is 9.53 Å². The molecule has 2 aliphatic rings. The monoisotopic (exact) mass is 356 g/mol. The molecule has 0 saturated carbocycles. The molecule has 0 radical (unpaired) electrons. The molecule has 0 aliphatic carbocycles. The first-order chi connectivity index (χ1) is 12.4. The number of ether oxygens (including phenoxy) is 1. The zero-order chi connectivity index (χ0) is 18.8. The summed E-state index contributed by atoms with van der Waals surface area (Å²) in [6.45, 7) is 6.22. The number of anilines is 1. The number of carbonyl (C=O) groups excluding carboxylic acids is 1. The molecule has 1 atom stereocenters. The van der Waals surface area contributed by atoms with Crippen molar-refractivity contribution in [1.82, 2.24) is 5.01 Å². The van der Waals surface area contributed by atoms with E-state index in [4.69, 9.17) is 4.74 Å². The van der Waals surface area contributed by atoms with E-state index in [1.165, 1.54) is 6.34 Å². The Morgan fingerprint density at radius 3 is 2.85 bits per heavy atom.